The molecule has 1 unspecified atom stereocenters. The number of rotatable bonds is 5. The Bertz CT molecular complexity index is 1190. The Labute approximate surface area is 203 Å². The molecule has 1 saturated heterocycles. The number of carbonyl (C=O) groups is 1. The van der Waals surface area contributed by atoms with Gasteiger partial charge in [-0.1, -0.05) is 24.3 Å². The molecule has 1 aromatic heterocycles. The van der Waals surface area contributed by atoms with Crippen LogP contribution in [-0.4, -0.2) is 42.0 Å². The number of hydrogen-bond acceptors (Lipinski definition) is 4. The van der Waals surface area contributed by atoms with Crippen molar-refractivity contribution < 1.29 is 18.0 Å². The summed E-state index contributed by atoms with van der Waals surface area (Å²) in [7, 11) is 0. The van der Waals surface area contributed by atoms with Gasteiger partial charge < -0.3 is 15.1 Å². The lowest BCUT2D eigenvalue weighted by molar-refractivity contribution is -0.141. The van der Waals surface area contributed by atoms with E-state index in [1.54, 1.807) is 12.1 Å². The van der Waals surface area contributed by atoms with Crippen molar-refractivity contribution in [1.82, 2.24) is 9.88 Å². The molecule has 0 spiro atoms. The molecule has 0 saturated carbocycles. The number of nitrogens with one attached hydrogen (secondary N) is 1. The van der Waals surface area contributed by atoms with Crippen molar-refractivity contribution in [1.29, 1.82) is 0 Å². The van der Waals surface area contributed by atoms with Gasteiger partial charge >= 0.3 is 6.18 Å². The smallest absolute Gasteiger partial charge is 0.368 e. The Balaban J connectivity index is 1.36. The van der Waals surface area contributed by atoms with Crippen molar-refractivity contribution in [3.63, 3.8) is 0 Å². The van der Waals surface area contributed by atoms with Gasteiger partial charge in [-0.15, -0.1) is 0 Å². The highest BCUT2D eigenvalue weighted by atomic mass is 19.4. The third-order valence-electron chi connectivity index (χ3n) is 6.63. The number of anilines is 3. The number of carbonyl (C=O) groups excluding carboxylic acids is 1. The van der Waals surface area contributed by atoms with E-state index in [1.807, 2.05) is 24.0 Å². The van der Waals surface area contributed by atoms with Gasteiger partial charge in [0, 0.05) is 49.4 Å². The molecule has 184 valence electrons. The Morgan fingerprint density at radius 2 is 1.66 bits per heavy atom. The summed E-state index contributed by atoms with van der Waals surface area (Å²) in [6.45, 7) is 9.04. The molecule has 1 aliphatic rings. The number of aryl methyl sites for hydroxylation is 1. The molecule has 0 bridgehead atoms. The van der Waals surface area contributed by atoms with E-state index in [0.29, 0.717) is 24.5 Å². The van der Waals surface area contributed by atoms with Crippen LogP contribution in [0.4, 0.5) is 30.2 Å². The largest absolute Gasteiger partial charge is 0.433 e. The first-order valence-corrected chi connectivity index (χ1v) is 11.6. The zero-order valence-corrected chi connectivity index (χ0v) is 20.1. The number of alkyl halides is 3. The molecule has 8 heteroatoms. The number of benzene rings is 2. The summed E-state index contributed by atoms with van der Waals surface area (Å²) in [5.74, 6) is -0.232. The summed E-state index contributed by atoms with van der Waals surface area (Å²) >= 11 is 0. The molecule has 3 aromatic rings. The topological polar surface area (TPSA) is 48.5 Å². The second-order valence-corrected chi connectivity index (χ2v) is 8.93. The van der Waals surface area contributed by atoms with Crippen molar-refractivity contribution in [2.45, 2.75) is 32.9 Å². The van der Waals surface area contributed by atoms with Crippen LogP contribution in [-0.2, 0) is 11.0 Å². The maximum absolute atomic E-state index is 13.1. The Morgan fingerprint density at radius 1 is 0.971 bits per heavy atom. The first-order valence-electron chi connectivity index (χ1n) is 11.6. The molecule has 5 nitrogen and oxygen atoms in total. The summed E-state index contributed by atoms with van der Waals surface area (Å²) in [4.78, 5) is 20.8. The first-order chi connectivity index (χ1) is 16.6. The molecule has 1 amide bonds. The lowest BCUT2D eigenvalue weighted by atomic mass is 9.99. The second-order valence-electron chi connectivity index (χ2n) is 8.93. The average molecular weight is 483 g/mol. The monoisotopic (exact) mass is 482 g/mol. The summed E-state index contributed by atoms with van der Waals surface area (Å²) in [5.41, 5.74) is 4.61. The molecule has 1 fully saturated rings. The highest BCUT2D eigenvalue weighted by Crippen LogP contribution is 2.30. The molecule has 35 heavy (non-hydrogen) atoms. The fourth-order valence-electron chi connectivity index (χ4n) is 4.35. The van der Waals surface area contributed by atoms with E-state index in [1.165, 1.54) is 22.9 Å². The highest BCUT2D eigenvalue weighted by Gasteiger charge is 2.32. The zero-order valence-electron chi connectivity index (χ0n) is 20.1. The standard InChI is InChI=1S/C27H29F3N4O/c1-18-5-4-6-24(19(18)2)33-13-15-34(16-14-33)26(35)20(3)21-7-9-22(10-8-21)32-23-11-12-31-25(17-23)27(28,29)30/h4-12,17,20H,13-16H2,1-3H3,(H,31,32). The Morgan fingerprint density at radius 3 is 2.31 bits per heavy atom. The lowest BCUT2D eigenvalue weighted by Gasteiger charge is -2.38. The number of halogens is 3. The van der Waals surface area contributed by atoms with E-state index in [2.05, 4.69) is 47.2 Å². The van der Waals surface area contributed by atoms with Gasteiger partial charge in [-0.05, 0) is 67.8 Å². The van der Waals surface area contributed by atoms with Gasteiger partial charge in [-0.25, -0.2) is 0 Å². The van der Waals surface area contributed by atoms with Crippen molar-refractivity contribution in [2.24, 2.45) is 0 Å². The number of hydrogen-bond donors (Lipinski definition) is 1. The Hall–Kier alpha value is -3.55. The van der Waals surface area contributed by atoms with Crippen LogP contribution in [0.15, 0.2) is 60.8 Å². The van der Waals surface area contributed by atoms with Crippen LogP contribution in [0, 0.1) is 13.8 Å². The molecule has 2 aromatic carbocycles. The number of aromatic nitrogens is 1. The Kier molecular flexibility index (Phi) is 7.00. The zero-order chi connectivity index (χ0) is 25.2. The fraction of sp³-hybridized carbons (Fsp3) is 0.333. The molecule has 0 aliphatic carbocycles. The van der Waals surface area contributed by atoms with Crippen molar-refractivity contribution >= 4 is 23.0 Å². The van der Waals surface area contributed by atoms with Crippen LogP contribution >= 0.6 is 0 Å². The van der Waals surface area contributed by atoms with Crippen molar-refractivity contribution in [3.05, 3.63) is 83.2 Å². The van der Waals surface area contributed by atoms with E-state index in [9.17, 15) is 18.0 Å². The third-order valence-corrected chi connectivity index (χ3v) is 6.63. The molecule has 4 rings (SSSR count). The van der Waals surface area contributed by atoms with E-state index in [0.717, 1.165) is 30.9 Å². The van der Waals surface area contributed by atoms with Crippen molar-refractivity contribution in [2.75, 3.05) is 36.4 Å². The summed E-state index contributed by atoms with van der Waals surface area (Å²) < 4.78 is 38.7. The van der Waals surface area contributed by atoms with Gasteiger partial charge in [0.05, 0.1) is 5.92 Å². The van der Waals surface area contributed by atoms with Crippen LogP contribution in [0.25, 0.3) is 0 Å². The van der Waals surface area contributed by atoms with Crippen LogP contribution in [0.3, 0.4) is 0 Å². The molecular formula is C27H29F3N4O. The maximum Gasteiger partial charge on any atom is 0.433 e. The van der Waals surface area contributed by atoms with Crippen LogP contribution in [0.5, 0.6) is 0 Å². The SMILES string of the molecule is Cc1cccc(N2CCN(C(=O)C(C)c3ccc(Nc4ccnc(C(F)(F)F)c4)cc3)CC2)c1C. The van der Waals surface area contributed by atoms with E-state index >= 15 is 0 Å². The fourth-order valence-corrected chi connectivity index (χ4v) is 4.35. The number of pyridine rings is 1. The molecule has 1 N–H and O–H groups in total. The molecule has 1 atom stereocenters. The highest BCUT2D eigenvalue weighted by molar-refractivity contribution is 5.84. The van der Waals surface area contributed by atoms with E-state index < -0.39 is 11.9 Å². The minimum atomic E-state index is -4.50. The van der Waals surface area contributed by atoms with Crippen LogP contribution in [0.1, 0.15) is 35.2 Å². The molecule has 1 aliphatic heterocycles. The summed E-state index contributed by atoms with van der Waals surface area (Å²) in [5, 5.41) is 2.96. The molecule has 2 heterocycles. The minimum absolute atomic E-state index is 0.0790. The quantitative estimate of drug-likeness (QED) is 0.491. The van der Waals surface area contributed by atoms with Gasteiger partial charge in [0.15, 0.2) is 0 Å². The molecule has 0 radical (unpaired) electrons. The van der Waals surface area contributed by atoms with Crippen LogP contribution < -0.4 is 10.2 Å². The second kappa shape index (κ2) is 9.98. The number of amides is 1. The van der Waals surface area contributed by atoms with Gasteiger partial charge in [-0.2, -0.15) is 13.2 Å². The van der Waals surface area contributed by atoms with Crippen LogP contribution in [0.2, 0.25) is 0 Å². The normalized spacial score (nSPS) is 15.1. The minimum Gasteiger partial charge on any atom is -0.368 e. The summed E-state index contributed by atoms with van der Waals surface area (Å²) in [6, 6.07) is 16.0. The number of piperazine rings is 1. The summed E-state index contributed by atoms with van der Waals surface area (Å²) in [6.07, 6.45) is -3.37. The van der Waals surface area contributed by atoms with Gasteiger partial charge in [-0.3, -0.25) is 9.78 Å². The van der Waals surface area contributed by atoms with Gasteiger partial charge in [0.2, 0.25) is 5.91 Å². The predicted molar refractivity (Wildman–Crippen MR) is 132 cm³/mol. The number of nitrogens with zero attached hydrogens (tertiary/aromatic N) is 3. The lowest BCUT2D eigenvalue weighted by Crippen LogP contribution is -2.50. The third kappa shape index (κ3) is 5.58. The maximum atomic E-state index is 13.1. The van der Waals surface area contributed by atoms with E-state index in [4.69, 9.17) is 0 Å². The van der Waals surface area contributed by atoms with Gasteiger partial charge in [0.25, 0.3) is 0 Å². The molecular weight excluding hydrogens is 453 g/mol. The average Bonchev–Trinajstić information content (AvgIpc) is 2.85. The first kappa shape index (κ1) is 24.6. The van der Waals surface area contributed by atoms with Crippen molar-refractivity contribution in [3.8, 4) is 0 Å². The van der Waals surface area contributed by atoms with Gasteiger partial charge in [0.1, 0.15) is 5.69 Å². The predicted octanol–water partition coefficient (Wildman–Crippen LogP) is 5.91. The van der Waals surface area contributed by atoms with E-state index in [-0.39, 0.29) is 11.8 Å².